The van der Waals surface area contributed by atoms with Crippen molar-refractivity contribution < 1.29 is 73.1 Å². The van der Waals surface area contributed by atoms with E-state index in [0.717, 1.165) is 6.07 Å². The second-order valence-electron chi connectivity index (χ2n) is 2.22. The summed E-state index contributed by atoms with van der Waals surface area (Å²) in [6.45, 7) is -5.46. The van der Waals surface area contributed by atoms with E-state index in [0.29, 0.717) is 12.1 Å². The van der Waals surface area contributed by atoms with Gasteiger partial charge in [0.1, 0.15) is 5.82 Å². The number of hydrogen-bond acceptors (Lipinski definition) is 0. The third-order valence-electron chi connectivity index (χ3n) is 1.33. The minimum absolute atomic E-state index is 0. The van der Waals surface area contributed by atoms with E-state index in [-0.39, 0.29) is 51.4 Å². The first-order chi connectivity index (χ1) is 5.43. The molecule has 0 aliphatic heterocycles. The van der Waals surface area contributed by atoms with Gasteiger partial charge in [0.05, 0.1) is 0 Å². The molecule has 0 atom stereocenters. The van der Waals surface area contributed by atoms with Crippen molar-refractivity contribution in [1.82, 2.24) is 0 Å². The molecule has 0 fully saturated rings. The van der Waals surface area contributed by atoms with Crippen molar-refractivity contribution in [2.75, 3.05) is 0 Å². The maximum absolute atomic E-state index is 12.4. The van der Waals surface area contributed by atoms with Gasteiger partial charge in [-0.05, 0) is 6.07 Å². The van der Waals surface area contributed by atoms with E-state index in [1.807, 2.05) is 0 Å². The molecule has 0 bridgehead atoms. The predicted molar refractivity (Wildman–Crippen MR) is 35.1 cm³/mol. The van der Waals surface area contributed by atoms with E-state index in [1.165, 1.54) is 0 Å². The summed E-state index contributed by atoms with van der Waals surface area (Å²) >= 11 is 0. The van der Waals surface area contributed by atoms with Gasteiger partial charge in [0.25, 0.3) is 0 Å². The smallest absolute Gasteiger partial charge is 0.445 e. The largest absolute Gasteiger partial charge is 1.00 e. The third kappa shape index (κ3) is 3.32. The molecule has 0 N–H and O–H groups in total. The first-order valence-corrected chi connectivity index (χ1v) is 3.07. The van der Waals surface area contributed by atoms with Gasteiger partial charge >= 0.3 is 58.4 Å². The van der Waals surface area contributed by atoms with Crippen LogP contribution in [0.2, 0.25) is 0 Å². The molecule has 0 radical (unpaired) electrons. The van der Waals surface area contributed by atoms with Crippen molar-refractivity contribution in [3.05, 3.63) is 29.8 Å². The number of hydrogen-bond donors (Lipinski definition) is 0. The Kier molecular flexibility index (Phi) is 5.09. The zero-order chi connectivity index (χ0) is 9.35. The molecule has 0 aliphatic carbocycles. The van der Waals surface area contributed by atoms with Gasteiger partial charge in [-0.2, -0.15) is 0 Å². The molecule has 1 aromatic carbocycles. The maximum atomic E-state index is 12.4. The summed E-state index contributed by atoms with van der Waals surface area (Å²) in [6, 6.07) is 1.97. The quantitative estimate of drug-likeness (QED) is 0.421. The van der Waals surface area contributed by atoms with E-state index in [4.69, 9.17) is 0 Å². The fraction of sp³-hybridized carbons (Fsp3) is 0. The van der Waals surface area contributed by atoms with Crippen molar-refractivity contribution in [1.29, 1.82) is 0 Å². The van der Waals surface area contributed by atoms with Crippen LogP contribution in [-0.2, 0) is 0 Å². The maximum Gasteiger partial charge on any atom is 1.00 e. The van der Waals surface area contributed by atoms with Gasteiger partial charge in [0, 0.05) is 0 Å². The monoisotopic (exact) mass is 220 g/mol. The van der Waals surface area contributed by atoms with E-state index >= 15 is 0 Å². The molecule has 1 aromatic rings. The van der Waals surface area contributed by atoms with E-state index in [2.05, 4.69) is 0 Å². The summed E-state index contributed by atoms with van der Waals surface area (Å²) in [5, 5.41) is 0. The van der Waals surface area contributed by atoms with Crippen LogP contribution < -0.4 is 56.8 Å². The molecule has 0 aliphatic rings. The first-order valence-electron chi connectivity index (χ1n) is 3.07. The Balaban J connectivity index is 0.00000144. The van der Waals surface area contributed by atoms with Crippen LogP contribution in [0.5, 0.6) is 0 Å². The molecular weight excluding hydrogens is 217 g/mol. The van der Waals surface area contributed by atoms with Crippen molar-refractivity contribution >= 4 is 12.4 Å². The Morgan fingerprint density at radius 1 is 1.00 bits per heavy atom. The first kappa shape index (κ1) is 13.6. The Labute approximate surface area is 114 Å². The van der Waals surface area contributed by atoms with Crippen LogP contribution >= 0.6 is 0 Å². The van der Waals surface area contributed by atoms with Crippen LogP contribution in [0.25, 0.3) is 0 Å². The third-order valence-corrected chi connectivity index (χ3v) is 1.33. The summed E-state index contributed by atoms with van der Waals surface area (Å²) in [5.41, 5.74) is -1.52. The van der Waals surface area contributed by atoms with Crippen LogP contribution in [0.1, 0.15) is 0 Å². The Morgan fingerprint density at radius 3 is 1.92 bits per heavy atom. The van der Waals surface area contributed by atoms with Crippen LogP contribution in [0.3, 0.4) is 0 Å². The van der Waals surface area contributed by atoms with Crippen molar-refractivity contribution in [3.63, 3.8) is 0 Å². The minimum Gasteiger partial charge on any atom is -0.445 e. The number of halogens is 5. The van der Waals surface area contributed by atoms with Gasteiger partial charge in [-0.1, -0.05) is 17.6 Å². The average Bonchev–Trinajstić information content (AvgIpc) is 1.92. The molecule has 7 heteroatoms. The normalized spacial score (nSPS) is 10.8. The summed E-state index contributed by atoms with van der Waals surface area (Å²) in [5.74, 6) is -3.31. The van der Waals surface area contributed by atoms with Crippen molar-refractivity contribution in [2.24, 2.45) is 0 Å². The van der Waals surface area contributed by atoms with Gasteiger partial charge < -0.3 is 12.9 Å². The molecule has 0 nitrogen and oxygen atoms in total. The van der Waals surface area contributed by atoms with Crippen LogP contribution in [0.4, 0.5) is 21.7 Å². The molecule has 66 valence electrons. The summed E-state index contributed by atoms with van der Waals surface area (Å²) in [7, 11) is 0. The zero-order valence-electron chi connectivity index (χ0n) is 6.70. The van der Waals surface area contributed by atoms with Gasteiger partial charge in [0.15, 0.2) is 5.82 Å². The Hall–Kier alpha value is 0.571. The van der Waals surface area contributed by atoms with Gasteiger partial charge in [-0.25, -0.2) is 8.78 Å². The summed E-state index contributed by atoms with van der Waals surface area (Å²) in [6.07, 6.45) is 0. The molecule has 0 saturated heterocycles. The molecular formula is C6H3BF5K. The fourth-order valence-corrected chi connectivity index (χ4v) is 0.773. The van der Waals surface area contributed by atoms with E-state index in [1.54, 1.807) is 0 Å². The molecule has 0 heterocycles. The predicted octanol–water partition coefficient (Wildman–Crippen LogP) is -0.977. The SMILES string of the molecule is Fc1cccc([B-](F)(F)F)c1F.[K+]. The standard InChI is InChI=1S/C6H3BF5.K/c8-5-3-1-2-4(6(5)9)7(10,11)12;/h1-3H;/q-1;+1. The van der Waals surface area contributed by atoms with Crippen LogP contribution in [0.15, 0.2) is 18.2 Å². The second kappa shape index (κ2) is 4.88. The zero-order valence-corrected chi connectivity index (χ0v) is 9.82. The van der Waals surface area contributed by atoms with Gasteiger partial charge in [0.2, 0.25) is 0 Å². The summed E-state index contributed by atoms with van der Waals surface area (Å²) < 4.78 is 60.3. The van der Waals surface area contributed by atoms with Crippen LogP contribution in [-0.4, -0.2) is 6.98 Å². The number of benzene rings is 1. The summed E-state index contributed by atoms with van der Waals surface area (Å²) in [4.78, 5) is 0. The van der Waals surface area contributed by atoms with Crippen LogP contribution in [0, 0.1) is 11.6 Å². The van der Waals surface area contributed by atoms with Crippen molar-refractivity contribution in [3.8, 4) is 0 Å². The fourth-order valence-electron chi connectivity index (χ4n) is 0.773. The Bertz CT molecular complexity index is 298. The Morgan fingerprint density at radius 2 is 1.54 bits per heavy atom. The van der Waals surface area contributed by atoms with E-state index < -0.39 is 24.1 Å². The molecule has 0 aromatic heterocycles. The molecule has 0 amide bonds. The molecule has 1 rings (SSSR count). The van der Waals surface area contributed by atoms with E-state index in [9.17, 15) is 21.7 Å². The minimum atomic E-state index is -5.46. The molecule has 0 unspecified atom stereocenters. The second-order valence-corrected chi connectivity index (χ2v) is 2.22. The van der Waals surface area contributed by atoms with Crippen molar-refractivity contribution in [2.45, 2.75) is 0 Å². The number of rotatable bonds is 1. The molecule has 13 heavy (non-hydrogen) atoms. The van der Waals surface area contributed by atoms with Gasteiger partial charge in [-0.15, -0.1) is 0 Å². The topological polar surface area (TPSA) is 0 Å². The average molecular weight is 220 g/mol. The van der Waals surface area contributed by atoms with Gasteiger partial charge in [-0.3, -0.25) is 0 Å². The molecule has 0 saturated carbocycles. The molecule has 0 spiro atoms.